The summed E-state index contributed by atoms with van der Waals surface area (Å²) in [6.07, 6.45) is -6.30. The number of Topliss-reactive ketones (excluding diaryl/α,β-unsaturated/α-hetero) is 1. The molecule has 0 radical (unpaired) electrons. The minimum Gasteiger partial charge on any atom is -0.312 e. The quantitative estimate of drug-likeness (QED) is 0.675. The summed E-state index contributed by atoms with van der Waals surface area (Å²) in [7, 11) is -2.08. The Hall–Kier alpha value is -0.390. The van der Waals surface area contributed by atoms with E-state index in [1.54, 1.807) is 0 Å². The van der Waals surface area contributed by atoms with Crippen LogP contribution in [0, 0.1) is 0 Å². The van der Waals surface area contributed by atoms with Crippen molar-refractivity contribution in [3.8, 4) is 0 Å². The predicted molar refractivity (Wildman–Crippen MR) is 37.6 cm³/mol. The lowest BCUT2D eigenvalue weighted by atomic mass is 10.4. The van der Waals surface area contributed by atoms with E-state index in [9.17, 15) is 22.5 Å². The van der Waals surface area contributed by atoms with Crippen molar-refractivity contribution in [1.29, 1.82) is 0 Å². The van der Waals surface area contributed by atoms with Crippen molar-refractivity contribution in [2.75, 3.05) is 20.4 Å². The first-order chi connectivity index (χ1) is 5.75. The minimum absolute atomic E-state index is 0.911. The van der Waals surface area contributed by atoms with E-state index in [0.29, 0.717) is 0 Å². The van der Waals surface area contributed by atoms with Crippen LogP contribution < -0.4 is 0 Å². The van der Waals surface area contributed by atoms with Crippen LogP contribution in [0.5, 0.6) is 0 Å². The molecule has 0 heterocycles. The first kappa shape index (κ1) is 12.6. The molecule has 0 aliphatic rings. The van der Waals surface area contributed by atoms with Crippen molar-refractivity contribution >= 4 is 13.4 Å². The molecule has 0 rings (SSSR count). The molecule has 0 bridgehead atoms. The van der Waals surface area contributed by atoms with E-state index in [1.807, 2.05) is 0 Å². The van der Waals surface area contributed by atoms with Gasteiger partial charge in [0.05, 0.1) is 0 Å². The third-order valence-corrected chi connectivity index (χ3v) is 3.00. The highest BCUT2D eigenvalue weighted by atomic mass is 31.2. The summed E-state index contributed by atoms with van der Waals surface area (Å²) in [4.78, 5) is 10.3. The van der Waals surface area contributed by atoms with Crippen molar-refractivity contribution in [3.05, 3.63) is 0 Å². The predicted octanol–water partition coefficient (Wildman–Crippen LogP) is 1.60. The molecule has 0 aromatic carbocycles. The number of carbonyl (C=O) groups excluding carboxylic acids is 1. The van der Waals surface area contributed by atoms with Gasteiger partial charge in [0.25, 0.3) is 0 Å². The zero-order chi connectivity index (χ0) is 10.7. The van der Waals surface area contributed by atoms with Crippen molar-refractivity contribution in [2.24, 2.45) is 0 Å². The molecule has 0 spiro atoms. The second-order valence-corrected chi connectivity index (χ2v) is 4.32. The minimum atomic E-state index is -5.01. The van der Waals surface area contributed by atoms with Gasteiger partial charge in [-0.1, -0.05) is 0 Å². The Morgan fingerprint density at radius 3 is 1.92 bits per heavy atom. The number of carbonyl (C=O) groups is 1. The molecule has 0 aliphatic heterocycles. The van der Waals surface area contributed by atoms with Crippen LogP contribution in [0.3, 0.4) is 0 Å². The molecule has 0 N–H and O–H groups in total. The lowest BCUT2D eigenvalue weighted by Gasteiger charge is -2.13. The fourth-order valence-electron chi connectivity index (χ4n) is 0.469. The van der Waals surface area contributed by atoms with Gasteiger partial charge in [0, 0.05) is 14.2 Å². The number of rotatable bonds is 4. The van der Waals surface area contributed by atoms with E-state index in [-0.39, 0.29) is 0 Å². The maximum absolute atomic E-state index is 11.7. The summed E-state index contributed by atoms with van der Waals surface area (Å²) >= 11 is 0. The fourth-order valence-corrected chi connectivity index (χ4v) is 1.41. The van der Waals surface area contributed by atoms with Crippen LogP contribution in [0.25, 0.3) is 0 Å². The average molecular weight is 220 g/mol. The number of alkyl halides is 3. The van der Waals surface area contributed by atoms with Crippen LogP contribution in [0.4, 0.5) is 13.2 Å². The third kappa shape index (κ3) is 3.89. The topological polar surface area (TPSA) is 52.6 Å². The number of hydrogen-bond acceptors (Lipinski definition) is 4. The van der Waals surface area contributed by atoms with E-state index < -0.39 is 25.7 Å². The molecule has 4 nitrogen and oxygen atoms in total. The first-order valence-electron chi connectivity index (χ1n) is 3.06. The number of halogens is 3. The van der Waals surface area contributed by atoms with E-state index in [4.69, 9.17) is 0 Å². The molecule has 0 saturated heterocycles. The van der Waals surface area contributed by atoms with Crippen molar-refractivity contribution in [2.45, 2.75) is 6.18 Å². The van der Waals surface area contributed by atoms with Crippen molar-refractivity contribution in [3.63, 3.8) is 0 Å². The second-order valence-electron chi connectivity index (χ2n) is 2.06. The normalized spacial score (nSPS) is 13.0. The Kier molecular flexibility index (Phi) is 4.09. The van der Waals surface area contributed by atoms with Gasteiger partial charge < -0.3 is 9.05 Å². The summed E-state index contributed by atoms with van der Waals surface area (Å²) in [5, 5.41) is 0. The molecule has 0 fully saturated rings. The van der Waals surface area contributed by atoms with Gasteiger partial charge in [-0.25, -0.2) is 0 Å². The molecular formula is C5H8F3O4P. The third-order valence-electron chi connectivity index (χ3n) is 1.21. The summed E-state index contributed by atoms with van der Waals surface area (Å²) in [6.45, 7) is 0. The highest BCUT2D eigenvalue weighted by Gasteiger charge is 2.43. The van der Waals surface area contributed by atoms with Crippen LogP contribution in [-0.4, -0.2) is 32.3 Å². The Bertz CT molecular complexity index is 228. The lowest BCUT2D eigenvalue weighted by molar-refractivity contribution is -0.168. The summed E-state index contributed by atoms with van der Waals surface area (Å²) in [5.74, 6) is -2.13. The molecule has 0 amide bonds. The fraction of sp³-hybridized carbons (Fsp3) is 0.800. The highest BCUT2D eigenvalue weighted by molar-refractivity contribution is 7.54. The van der Waals surface area contributed by atoms with Gasteiger partial charge in [-0.15, -0.1) is 0 Å². The van der Waals surface area contributed by atoms with Gasteiger partial charge in [-0.05, 0) is 0 Å². The standard InChI is InChI=1S/C5H8F3O4P/c1-11-13(10,12-2)3-4(9)5(6,7)8/h3H2,1-2H3. The van der Waals surface area contributed by atoms with Crippen LogP contribution in [0.15, 0.2) is 0 Å². The van der Waals surface area contributed by atoms with E-state index in [2.05, 4.69) is 9.05 Å². The van der Waals surface area contributed by atoms with Crippen LogP contribution in [-0.2, 0) is 18.4 Å². The van der Waals surface area contributed by atoms with E-state index >= 15 is 0 Å². The zero-order valence-corrected chi connectivity index (χ0v) is 7.82. The van der Waals surface area contributed by atoms with Crippen molar-refractivity contribution < 1.29 is 31.6 Å². The lowest BCUT2D eigenvalue weighted by Crippen LogP contribution is -2.26. The Labute approximate surface area is 72.5 Å². The molecule has 8 heteroatoms. The van der Waals surface area contributed by atoms with Gasteiger partial charge in [-0.3, -0.25) is 9.36 Å². The van der Waals surface area contributed by atoms with Crippen LogP contribution >= 0.6 is 7.60 Å². The van der Waals surface area contributed by atoms with E-state index in [0.717, 1.165) is 14.2 Å². The molecule has 0 atom stereocenters. The Morgan fingerprint density at radius 1 is 1.31 bits per heavy atom. The first-order valence-corrected chi connectivity index (χ1v) is 4.78. The Morgan fingerprint density at radius 2 is 1.69 bits per heavy atom. The maximum atomic E-state index is 11.7. The SMILES string of the molecule is COP(=O)(CC(=O)C(F)(F)F)OC. The largest absolute Gasteiger partial charge is 0.450 e. The van der Waals surface area contributed by atoms with E-state index in [1.165, 1.54) is 0 Å². The average Bonchev–Trinajstić information content (AvgIpc) is 2.02. The molecule has 78 valence electrons. The Balaban J connectivity index is 4.45. The summed E-state index contributed by atoms with van der Waals surface area (Å²) in [6, 6.07) is 0. The van der Waals surface area contributed by atoms with Gasteiger partial charge in [-0.2, -0.15) is 13.2 Å². The monoisotopic (exact) mass is 220 g/mol. The molecule has 13 heavy (non-hydrogen) atoms. The van der Waals surface area contributed by atoms with Gasteiger partial charge in [0.2, 0.25) is 5.78 Å². The number of hydrogen-bond donors (Lipinski definition) is 0. The molecule has 0 aromatic rings. The summed E-state index contributed by atoms with van der Waals surface area (Å²) < 4.78 is 54.4. The molecule has 0 aromatic heterocycles. The molecule has 0 saturated carbocycles. The van der Waals surface area contributed by atoms with Gasteiger partial charge >= 0.3 is 13.8 Å². The number of ketones is 1. The second kappa shape index (κ2) is 4.21. The molecular weight excluding hydrogens is 212 g/mol. The highest BCUT2D eigenvalue weighted by Crippen LogP contribution is 2.47. The van der Waals surface area contributed by atoms with Crippen molar-refractivity contribution in [1.82, 2.24) is 0 Å². The van der Waals surface area contributed by atoms with Crippen LogP contribution in [0.2, 0.25) is 0 Å². The van der Waals surface area contributed by atoms with Crippen LogP contribution in [0.1, 0.15) is 0 Å². The van der Waals surface area contributed by atoms with Gasteiger partial charge in [0.1, 0.15) is 6.16 Å². The zero-order valence-electron chi connectivity index (χ0n) is 6.92. The smallest absolute Gasteiger partial charge is 0.312 e. The van der Waals surface area contributed by atoms with Gasteiger partial charge in [0.15, 0.2) is 0 Å². The summed E-state index contributed by atoms with van der Waals surface area (Å²) in [5.41, 5.74) is 0. The maximum Gasteiger partial charge on any atom is 0.450 e. The molecule has 0 aliphatic carbocycles. The molecule has 0 unspecified atom stereocenters.